The lowest BCUT2D eigenvalue weighted by molar-refractivity contribution is 0.0698. The number of hydrogen-bond donors (Lipinski definition) is 1. The first kappa shape index (κ1) is 11.1. The van der Waals surface area contributed by atoms with E-state index in [1.807, 2.05) is 0 Å². The lowest BCUT2D eigenvalue weighted by Crippen LogP contribution is -2.01. The van der Waals surface area contributed by atoms with Crippen LogP contribution in [0.1, 0.15) is 15.9 Å². The van der Waals surface area contributed by atoms with Crippen molar-refractivity contribution in [2.24, 2.45) is 0 Å². The van der Waals surface area contributed by atoms with Crippen molar-refractivity contribution in [3.8, 4) is 0 Å². The SMILES string of the molecule is COCc1cc2c(C(=O)O)ccnn2c1Br. The largest absolute Gasteiger partial charge is 0.478 e. The van der Waals surface area contributed by atoms with Crippen molar-refractivity contribution in [2.45, 2.75) is 6.61 Å². The van der Waals surface area contributed by atoms with Crippen LogP contribution >= 0.6 is 15.9 Å². The molecule has 0 atom stereocenters. The van der Waals surface area contributed by atoms with E-state index in [1.54, 1.807) is 13.2 Å². The van der Waals surface area contributed by atoms with Crippen molar-refractivity contribution in [3.63, 3.8) is 0 Å². The van der Waals surface area contributed by atoms with Crippen LogP contribution in [0.2, 0.25) is 0 Å². The van der Waals surface area contributed by atoms with E-state index in [2.05, 4.69) is 21.0 Å². The van der Waals surface area contributed by atoms with Gasteiger partial charge in [0.2, 0.25) is 0 Å². The summed E-state index contributed by atoms with van der Waals surface area (Å²) in [7, 11) is 1.58. The predicted octanol–water partition coefficient (Wildman–Crippen LogP) is 1.94. The van der Waals surface area contributed by atoms with Gasteiger partial charge >= 0.3 is 5.97 Å². The fourth-order valence-electron chi connectivity index (χ4n) is 1.53. The molecule has 0 unspecified atom stereocenters. The highest BCUT2D eigenvalue weighted by Gasteiger charge is 2.14. The first-order valence-corrected chi connectivity index (χ1v) is 5.31. The average Bonchev–Trinajstić information content (AvgIpc) is 2.57. The van der Waals surface area contributed by atoms with Gasteiger partial charge in [0.05, 0.1) is 17.7 Å². The maximum Gasteiger partial charge on any atom is 0.337 e. The Hall–Kier alpha value is -1.40. The van der Waals surface area contributed by atoms with Crippen LogP contribution in [0.15, 0.2) is 22.9 Å². The Labute approximate surface area is 99.8 Å². The summed E-state index contributed by atoms with van der Waals surface area (Å²) in [5.41, 5.74) is 1.63. The molecule has 6 heteroatoms. The van der Waals surface area contributed by atoms with Gasteiger partial charge in [-0.05, 0) is 28.1 Å². The molecule has 5 nitrogen and oxygen atoms in total. The summed E-state index contributed by atoms with van der Waals surface area (Å²) in [5.74, 6) is -0.971. The molecule has 16 heavy (non-hydrogen) atoms. The molecule has 0 aromatic carbocycles. The molecule has 2 aromatic heterocycles. The van der Waals surface area contributed by atoms with Crippen LogP contribution < -0.4 is 0 Å². The summed E-state index contributed by atoms with van der Waals surface area (Å²) < 4.78 is 7.27. The molecule has 2 aromatic rings. The molecule has 2 heterocycles. The number of rotatable bonds is 3. The number of fused-ring (bicyclic) bond motifs is 1. The van der Waals surface area contributed by atoms with Crippen LogP contribution in [-0.4, -0.2) is 27.8 Å². The Balaban J connectivity index is 2.70. The van der Waals surface area contributed by atoms with Crippen molar-refractivity contribution in [3.05, 3.63) is 34.1 Å². The summed E-state index contributed by atoms with van der Waals surface area (Å²) in [6.07, 6.45) is 1.46. The fraction of sp³-hybridized carbons (Fsp3) is 0.200. The molecule has 0 amide bonds. The maximum absolute atomic E-state index is 11.0. The molecular formula is C10H9BrN2O3. The van der Waals surface area contributed by atoms with Crippen LogP contribution in [0.3, 0.4) is 0 Å². The molecular weight excluding hydrogens is 276 g/mol. The number of aromatic nitrogens is 2. The Bertz CT molecular complexity index is 550. The van der Waals surface area contributed by atoms with Crippen LogP contribution in [0, 0.1) is 0 Å². The van der Waals surface area contributed by atoms with Crippen LogP contribution in [-0.2, 0) is 11.3 Å². The lowest BCUT2D eigenvalue weighted by Gasteiger charge is -1.98. The second kappa shape index (κ2) is 4.23. The Morgan fingerprint density at radius 1 is 1.69 bits per heavy atom. The molecule has 0 saturated heterocycles. The van der Waals surface area contributed by atoms with Gasteiger partial charge in [-0.15, -0.1) is 0 Å². The molecule has 1 N–H and O–H groups in total. The monoisotopic (exact) mass is 284 g/mol. The topological polar surface area (TPSA) is 63.8 Å². The van der Waals surface area contributed by atoms with Gasteiger partial charge in [0.1, 0.15) is 4.60 Å². The van der Waals surface area contributed by atoms with Gasteiger partial charge in [0.15, 0.2) is 0 Å². The van der Waals surface area contributed by atoms with E-state index in [0.29, 0.717) is 16.7 Å². The Morgan fingerprint density at radius 2 is 2.44 bits per heavy atom. The summed E-state index contributed by atoms with van der Waals surface area (Å²) >= 11 is 3.36. The molecule has 0 aliphatic heterocycles. The molecule has 0 saturated carbocycles. The quantitative estimate of drug-likeness (QED) is 0.936. The number of carboxylic acids is 1. The summed E-state index contributed by atoms with van der Waals surface area (Å²) in [6.45, 7) is 0.406. The molecule has 0 bridgehead atoms. The molecule has 0 aliphatic carbocycles. The average molecular weight is 285 g/mol. The fourth-order valence-corrected chi connectivity index (χ4v) is 2.04. The molecule has 0 spiro atoms. The third-order valence-corrected chi connectivity index (χ3v) is 3.06. The lowest BCUT2D eigenvalue weighted by atomic mass is 10.2. The minimum atomic E-state index is -0.971. The second-order valence-electron chi connectivity index (χ2n) is 3.24. The molecule has 2 rings (SSSR count). The van der Waals surface area contributed by atoms with Crippen LogP contribution in [0.5, 0.6) is 0 Å². The zero-order valence-electron chi connectivity index (χ0n) is 8.48. The summed E-state index contributed by atoms with van der Waals surface area (Å²) in [5, 5.41) is 13.1. The van der Waals surface area contributed by atoms with Gasteiger partial charge in [0.25, 0.3) is 0 Å². The minimum Gasteiger partial charge on any atom is -0.478 e. The van der Waals surface area contributed by atoms with E-state index in [-0.39, 0.29) is 5.56 Å². The molecule has 84 valence electrons. The Morgan fingerprint density at radius 3 is 3.06 bits per heavy atom. The molecule has 0 radical (unpaired) electrons. The number of methoxy groups -OCH3 is 1. The van der Waals surface area contributed by atoms with Crippen molar-refractivity contribution in [2.75, 3.05) is 7.11 Å². The number of carbonyl (C=O) groups is 1. The number of ether oxygens (including phenoxy) is 1. The summed E-state index contributed by atoms with van der Waals surface area (Å²) in [6, 6.07) is 3.23. The zero-order valence-corrected chi connectivity index (χ0v) is 10.1. The zero-order chi connectivity index (χ0) is 11.7. The van der Waals surface area contributed by atoms with E-state index in [1.165, 1.54) is 16.8 Å². The van der Waals surface area contributed by atoms with Gasteiger partial charge < -0.3 is 9.84 Å². The first-order chi connectivity index (χ1) is 7.65. The van der Waals surface area contributed by atoms with Gasteiger partial charge in [-0.3, -0.25) is 0 Å². The van der Waals surface area contributed by atoms with Gasteiger partial charge in [-0.25, -0.2) is 9.31 Å². The normalized spacial score (nSPS) is 10.9. The van der Waals surface area contributed by atoms with Crippen molar-refractivity contribution >= 4 is 27.4 Å². The first-order valence-electron chi connectivity index (χ1n) is 4.52. The minimum absolute atomic E-state index is 0.220. The number of hydrogen-bond acceptors (Lipinski definition) is 3. The number of halogens is 1. The highest BCUT2D eigenvalue weighted by Crippen LogP contribution is 2.24. The highest BCUT2D eigenvalue weighted by molar-refractivity contribution is 9.10. The Kier molecular flexibility index (Phi) is 2.93. The van der Waals surface area contributed by atoms with E-state index in [0.717, 1.165) is 5.56 Å². The van der Waals surface area contributed by atoms with Crippen LogP contribution in [0.4, 0.5) is 0 Å². The number of carboxylic acid groups (broad SMARTS) is 1. The number of aromatic carboxylic acids is 1. The standard InChI is InChI=1S/C10H9BrN2O3/c1-16-5-6-4-8-7(10(14)15)2-3-12-13(8)9(6)11/h2-4H,5H2,1H3,(H,14,15). The predicted molar refractivity (Wildman–Crippen MR) is 60.6 cm³/mol. The highest BCUT2D eigenvalue weighted by atomic mass is 79.9. The smallest absolute Gasteiger partial charge is 0.337 e. The summed E-state index contributed by atoms with van der Waals surface area (Å²) in [4.78, 5) is 11.0. The van der Waals surface area contributed by atoms with E-state index in [9.17, 15) is 4.79 Å². The van der Waals surface area contributed by atoms with E-state index >= 15 is 0 Å². The maximum atomic E-state index is 11.0. The van der Waals surface area contributed by atoms with Gasteiger partial charge in [-0.2, -0.15) is 5.10 Å². The third-order valence-electron chi connectivity index (χ3n) is 2.22. The van der Waals surface area contributed by atoms with Crippen molar-refractivity contribution in [1.82, 2.24) is 9.61 Å². The van der Waals surface area contributed by atoms with E-state index in [4.69, 9.17) is 9.84 Å². The van der Waals surface area contributed by atoms with Gasteiger partial charge in [-0.1, -0.05) is 0 Å². The van der Waals surface area contributed by atoms with Crippen molar-refractivity contribution in [1.29, 1.82) is 0 Å². The number of nitrogens with zero attached hydrogens (tertiary/aromatic N) is 2. The van der Waals surface area contributed by atoms with Crippen LogP contribution in [0.25, 0.3) is 5.52 Å². The third kappa shape index (κ3) is 1.70. The van der Waals surface area contributed by atoms with Crippen molar-refractivity contribution < 1.29 is 14.6 Å². The molecule has 0 fully saturated rings. The van der Waals surface area contributed by atoms with Gasteiger partial charge in [0, 0.05) is 18.9 Å². The molecule has 0 aliphatic rings. The van der Waals surface area contributed by atoms with E-state index < -0.39 is 5.97 Å². The second-order valence-corrected chi connectivity index (χ2v) is 3.99.